The van der Waals surface area contributed by atoms with Crippen LogP contribution in [-0.4, -0.2) is 35.1 Å². The second-order valence-corrected chi connectivity index (χ2v) is 6.03. The Morgan fingerprint density at radius 2 is 2.62 bits per heavy atom. The summed E-state index contributed by atoms with van der Waals surface area (Å²) in [5.74, 6) is 1.87. The zero-order valence-corrected chi connectivity index (χ0v) is 10.8. The molecule has 1 aromatic rings. The molecule has 0 saturated carbocycles. The van der Waals surface area contributed by atoms with E-state index in [4.69, 9.17) is 0 Å². The van der Waals surface area contributed by atoms with Gasteiger partial charge in [0.1, 0.15) is 0 Å². The first-order valence-corrected chi connectivity index (χ1v) is 7.23. The molecule has 1 aromatic heterocycles. The van der Waals surface area contributed by atoms with Crippen molar-refractivity contribution in [3.05, 3.63) is 16.1 Å². The Bertz CT molecular complexity index is 361. The van der Waals surface area contributed by atoms with Gasteiger partial charge in [0.2, 0.25) is 5.91 Å². The quantitative estimate of drug-likeness (QED) is 0.837. The van der Waals surface area contributed by atoms with E-state index in [1.165, 1.54) is 4.88 Å². The van der Waals surface area contributed by atoms with Crippen molar-refractivity contribution in [1.82, 2.24) is 15.6 Å². The molecule has 0 aliphatic carbocycles. The summed E-state index contributed by atoms with van der Waals surface area (Å²) < 4.78 is 0. The fourth-order valence-electron chi connectivity index (χ4n) is 1.50. The molecular formula is C10H15N3OS2. The topological polar surface area (TPSA) is 54.0 Å². The molecule has 1 unspecified atom stereocenters. The number of rotatable bonds is 4. The molecule has 0 aromatic carbocycles. The number of carbonyl (C=O) groups is 1. The SMILES string of the molecule is Cc1cnc(CCNC(=O)C2CSCN2)s1. The van der Waals surface area contributed by atoms with E-state index in [0.29, 0.717) is 6.54 Å². The molecule has 1 atom stereocenters. The molecule has 1 amide bonds. The van der Waals surface area contributed by atoms with Crippen molar-refractivity contribution in [2.45, 2.75) is 19.4 Å². The molecule has 88 valence electrons. The number of aromatic nitrogens is 1. The lowest BCUT2D eigenvalue weighted by Crippen LogP contribution is -2.42. The zero-order chi connectivity index (χ0) is 11.4. The Morgan fingerprint density at radius 3 is 3.25 bits per heavy atom. The van der Waals surface area contributed by atoms with Gasteiger partial charge >= 0.3 is 0 Å². The summed E-state index contributed by atoms with van der Waals surface area (Å²) in [4.78, 5) is 17.1. The lowest BCUT2D eigenvalue weighted by molar-refractivity contribution is -0.122. The molecule has 2 N–H and O–H groups in total. The number of nitrogens with zero attached hydrogens (tertiary/aromatic N) is 1. The molecule has 0 bridgehead atoms. The first-order valence-electron chi connectivity index (χ1n) is 5.26. The van der Waals surface area contributed by atoms with Gasteiger partial charge in [-0.2, -0.15) is 0 Å². The Kier molecular flexibility index (Phi) is 4.20. The molecule has 4 nitrogen and oxygen atoms in total. The minimum absolute atomic E-state index is 0.0111. The van der Waals surface area contributed by atoms with Gasteiger partial charge in [-0.05, 0) is 6.92 Å². The minimum Gasteiger partial charge on any atom is -0.354 e. The van der Waals surface area contributed by atoms with Crippen molar-refractivity contribution in [2.75, 3.05) is 18.2 Å². The fourth-order valence-corrected chi connectivity index (χ4v) is 3.22. The molecule has 2 rings (SSSR count). The summed E-state index contributed by atoms with van der Waals surface area (Å²) in [6.07, 6.45) is 2.70. The van der Waals surface area contributed by atoms with Gasteiger partial charge in [-0.3, -0.25) is 10.1 Å². The molecule has 1 aliphatic heterocycles. The lowest BCUT2D eigenvalue weighted by Gasteiger charge is -2.09. The Labute approximate surface area is 103 Å². The van der Waals surface area contributed by atoms with Crippen LogP contribution in [0.25, 0.3) is 0 Å². The number of thiazole rings is 1. The second-order valence-electron chi connectivity index (χ2n) is 3.68. The average molecular weight is 257 g/mol. The Balaban J connectivity index is 1.69. The summed E-state index contributed by atoms with van der Waals surface area (Å²) in [6.45, 7) is 2.72. The van der Waals surface area contributed by atoms with Gasteiger partial charge in [-0.25, -0.2) is 4.98 Å². The number of hydrogen-bond donors (Lipinski definition) is 2. The van der Waals surface area contributed by atoms with Crippen LogP contribution < -0.4 is 10.6 Å². The first-order chi connectivity index (χ1) is 7.75. The molecule has 1 fully saturated rings. The van der Waals surface area contributed by atoms with Crippen LogP contribution in [0.5, 0.6) is 0 Å². The summed E-state index contributed by atoms with van der Waals surface area (Å²) in [7, 11) is 0. The van der Waals surface area contributed by atoms with E-state index in [-0.39, 0.29) is 11.9 Å². The van der Waals surface area contributed by atoms with Gasteiger partial charge in [0.25, 0.3) is 0 Å². The summed E-state index contributed by atoms with van der Waals surface area (Å²) in [5.41, 5.74) is 0. The van der Waals surface area contributed by atoms with Gasteiger partial charge < -0.3 is 5.32 Å². The van der Waals surface area contributed by atoms with E-state index in [2.05, 4.69) is 15.6 Å². The highest BCUT2D eigenvalue weighted by atomic mass is 32.2. The number of nitrogens with one attached hydrogen (secondary N) is 2. The molecule has 0 radical (unpaired) electrons. The van der Waals surface area contributed by atoms with Crippen molar-refractivity contribution < 1.29 is 4.79 Å². The van der Waals surface area contributed by atoms with Crippen LogP contribution in [0.2, 0.25) is 0 Å². The highest BCUT2D eigenvalue weighted by Crippen LogP contribution is 2.11. The van der Waals surface area contributed by atoms with E-state index >= 15 is 0 Å². The van der Waals surface area contributed by atoms with Crippen LogP contribution in [-0.2, 0) is 11.2 Å². The standard InChI is InChI=1S/C10H15N3OS2/c1-7-4-12-9(16-7)2-3-11-10(14)8-5-15-6-13-8/h4,8,13H,2-3,5-6H2,1H3,(H,11,14). The number of hydrogen-bond acceptors (Lipinski definition) is 5. The third kappa shape index (κ3) is 3.20. The number of amides is 1. The van der Waals surface area contributed by atoms with Gasteiger partial charge in [0.05, 0.1) is 11.0 Å². The maximum atomic E-state index is 11.6. The second kappa shape index (κ2) is 5.65. The van der Waals surface area contributed by atoms with Crippen LogP contribution in [0, 0.1) is 6.92 Å². The predicted octanol–water partition coefficient (Wildman–Crippen LogP) is 0.773. The van der Waals surface area contributed by atoms with Crippen molar-refractivity contribution in [3.63, 3.8) is 0 Å². The van der Waals surface area contributed by atoms with Crippen LogP contribution in [0.1, 0.15) is 9.88 Å². The van der Waals surface area contributed by atoms with Crippen molar-refractivity contribution in [3.8, 4) is 0 Å². The maximum absolute atomic E-state index is 11.6. The molecule has 2 heterocycles. The number of aryl methyl sites for hydroxylation is 1. The van der Waals surface area contributed by atoms with Crippen LogP contribution in [0.4, 0.5) is 0 Å². The fraction of sp³-hybridized carbons (Fsp3) is 0.600. The Morgan fingerprint density at radius 1 is 1.75 bits per heavy atom. The van der Waals surface area contributed by atoms with Crippen molar-refractivity contribution in [1.29, 1.82) is 0 Å². The predicted molar refractivity (Wildman–Crippen MR) is 67.8 cm³/mol. The van der Waals surface area contributed by atoms with E-state index in [1.807, 2.05) is 13.1 Å². The van der Waals surface area contributed by atoms with Crippen LogP contribution in [0.3, 0.4) is 0 Å². The van der Waals surface area contributed by atoms with E-state index in [9.17, 15) is 4.79 Å². The monoisotopic (exact) mass is 257 g/mol. The first kappa shape index (κ1) is 11.9. The van der Waals surface area contributed by atoms with Gasteiger partial charge in [0, 0.05) is 35.7 Å². The number of carbonyl (C=O) groups excluding carboxylic acids is 1. The average Bonchev–Trinajstić information content (AvgIpc) is 2.89. The lowest BCUT2D eigenvalue weighted by atomic mass is 10.3. The van der Waals surface area contributed by atoms with Gasteiger partial charge in [-0.15, -0.1) is 23.1 Å². The number of thioether (sulfide) groups is 1. The Hall–Kier alpha value is -0.590. The molecule has 1 saturated heterocycles. The molecule has 16 heavy (non-hydrogen) atoms. The molecule has 6 heteroatoms. The zero-order valence-electron chi connectivity index (χ0n) is 9.16. The van der Waals surface area contributed by atoms with Crippen LogP contribution in [0.15, 0.2) is 6.20 Å². The molecule has 0 spiro atoms. The summed E-state index contributed by atoms with van der Waals surface area (Å²) in [5, 5.41) is 7.17. The third-order valence-corrected chi connectivity index (χ3v) is 4.25. The summed E-state index contributed by atoms with van der Waals surface area (Å²) >= 11 is 3.45. The van der Waals surface area contributed by atoms with Crippen molar-refractivity contribution in [2.24, 2.45) is 0 Å². The largest absolute Gasteiger partial charge is 0.354 e. The summed E-state index contributed by atoms with van der Waals surface area (Å²) in [6, 6.07) is -0.0111. The smallest absolute Gasteiger partial charge is 0.238 e. The highest BCUT2D eigenvalue weighted by Gasteiger charge is 2.21. The maximum Gasteiger partial charge on any atom is 0.238 e. The van der Waals surface area contributed by atoms with Crippen LogP contribution >= 0.6 is 23.1 Å². The minimum atomic E-state index is -0.0111. The van der Waals surface area contributed by atoms with Gasteiger partial charge in [0.15, 0.2) is 0 Å². The molecule has 1 aliphatic rings. The van der Waals surface area contributed by atoms with Gasteiger partial charge in [-0.1, -0.05) is 0 Å². The third-order valence-electron chi connectivity index (χ3n) is 2.34. The van der Waals surface area contributed by atoms with E-state index < -0.39 is 0 Å². The normalized spacial score (nSPS) is 19.9. The van der Waals surface area contributed by atoms with E-state index in [1.54, 1.807) is 23.1 Å². The van der Waals surface area contributed by atoms with E-state index in [0.717, 1.165) is 23.1 Å². The highest BCUT2D eigenvalue weighted by molar-refractivity contribution is 7.99. The molecular weight excluding hydrogens is 242 g/mol. The van der Waals surface area contributed by atoms with Crippen molar-refractivity contribution >= 4 is 29.0 Å².